The minimum atomic E-state index is -0.449. The van der Waals surface area contributed by atoms with E-state index in [9.17, 15) is 9.59 Å². The van der Waals surface area contributed by atoms with Crippen LogP contribution in [0.1, 0.15) is 45.8 Å². The Balaban J connectivity index is 2.02. The van der Waals surface area contributed by atoms with Crippen molar-refractivity contribution < 1.29 is 14.1 Å². The van der Waals surface area contributed by atoms with Gasteiger partial charge in [-0.2, -0.15) is 4.98 Å². The maximum Gasteiger partial charge on any atom is 0.246 e. The zero-order chi connectivity index (χ0) is 19.1. The Morgan fingerprint density at radius 3 is 2.81 bits per heavy atom. The summed E-state index contributed by atoms with van der Waals surface area (Å²) >= 11 is 0. The van der Waals surface area contributed by atoms with Gasteiger partial charge in [0.25, 0.3) is 0 Å². The van der Waals surface area contributed by atoms with Gasteiger partial charge in [-0.15, -0.1) is 0 Å². The van der Waals surface area contributed by atoms with Crippen molar-refractivity contribution in [2.24, 2.45) is 0 Å². The van der Waals surface area contributed by atoms with Crippen molar-refractivity contribution in [1.82, 2.24) is 25.3 Å². The number of nitrogens with zero attached hydrogens (tertiary/aromatic N) is 4. The first-order valence-electron chi connectivity index (χ1n) is 9.18. The molecule has 8 heteroatoms. The third-order valence-electron chi connectivity index (χ3n) is 4.43. The number of rotatable bonds is 8. The van der Waals surface area contributed by atoms with Crippen molar-refractivity contribution in [3.8, 4) is 0 Å². The van der Waals surface area contributed by atoms with Crippen LogP contribution in [0.2, 0.25) is 0 Å². The van der Waals surface area contributed by atoms with E-state index in [1.54, 1.807) is 4.90 Å². The van der Waals surface area contributed by atoms with Crippen LogP contribution in [-0.2, 0) is 22.6 Å². The summed E-state index contributed by atoms with van der Waals surface area (Å²) in [5.41, 5.74) is 1.19. The van der Waals surface area contributed by atoms with Gasteiger partial charge in [-0.25, -0.2) is 0 Å². The number of piperazine rings is 1. The zero-order valence-electron chi connectivity index (χ0n) is 16.1. The number of aryl methyl sites for hydroxylation is 1. The van der Waals surface area contributed by atoms with E-state index in [-0.39, 0.29) is 24.8 Å². The molecule has 26 heavy (non-hydrogen) atoms. The van der Waals surface area contributed by atoms with E-state index in [1.165, 1.54) is 5.57 Å². The summed E-state index contributed by atoms with van der Waals surface area (Å²) in [5.74, 6) is 0.872. The standard InChI is InChI=1S/C18H29N5O3/c1-5-15-20-16(26-21-15)12-22(6-2)17(24)11-14-18(25)19-8-10-23(14)9-7-13(3)4/h7,14H,5-6,8-12H2,1-4H3,(H,19,25). The second-order valence-electron chi connectivity index (χ2n) is 6.65. The van der Waals surface area contributed by atoms with E-state index in [4.69, 9.17) is 4.52 Å². The molecule has 1 atom stereocenters. The van der Waals surface area contributed by atoms with Crippen LogP contribution in [0.4, 0.5) is 0 Å². The summed E-state index contributed by atoms with van der Waals surface area (Å²) in [4.78, 5) is 33.0. The summed E-state index contributed by atoms with van der Waals surface area (Å²) in [6, 6.07) is -0.449. The molecule has 1 aliphatic rings. The molecule has 2 amide bonds. The fourth-order valence-corrected chi connectivity index (χ4v) is 2.83. The highest BCUT2D eigenvalue weighted by Gasteiger charge is 2.32. The first-order valence-corrected chi connectivity index (χ1v) is 9.18. The Bertz CT molecular complexity index is 651. The molecule has 8 nitrogen and oxygen atoms in total. The van der Waals surface area contributed by atoms with Gasteiger partial charge in [-0.1, -0.05) is 23.7 Å². The fraction of sp³-hybridized carbons (Fsp3) is 0.667. The molecular formula is C18H29N5O3. The highest BCUT2D eigenvalue weighted by Crippen LogP contribution is 2.13. The van der Waals surface area contributed by atoms with Crippen molar-refractivity contribution >= 4 is 11.8 Å². The van der Waals surface area contributed by atoms with E-state index in [2.05, 4.69) is 26.4 Å². The number of carbonyl (C=O) groups is 2. The van der Waals surface area contributed by atoms with Crippen molar-refractivity contribution in [3.63, 3.8) is 0 Å². The molecule has 1 unspecified atom stereocenters. The number of allylic oxidation sites excluding steroid dienone is 1. The molecule has 144 valence electrons. The summed E-state index contributed by atoms with van der Waals surface area (Å²) in [5, 5.41) is 6.72. The largest absolute Gasteiger partial charge is 0.353 e. The molecule has 0 saturated carbocycles. The van der Waals surface area contributed by atoms with Gasteiger partial charge in [0.2, 0.25) is 17.7 Å². The van der Waals surface area contributed by atoms with E-state index < -0.39 is 6.04 Å². The van der Waals surface area contributed by atoms with Crippen LogP contribution in [0.25, 0.3) is 0 Å². The van der Waals surface area contributed by atoms with Crippen LogP contribution in [0.15, 0.2) is 16.2 Å². The highest BCUT2D eigenvalue weighted by atomic mass is 16.5. The first kappa shape index (κ1) is 20.1. The van der Waals surface area contributed by atoms with Gasteiger partial charge in [0.15, 0.2) is 5.82 Å². The van der Waals surface area contributed by atoms with Gasteiger partial charge in [0, 0.05) is 32.6 Å². The molecule has 0 radical (unpaired) electrons. The van der Waals surface area contributed by atoms with Crippen LogP contribution in [-0.4, -0.2) is 64.0 Å². The van der Waals surface area contributed by atoms with Crippen LogP contribution >= 0.6 is 0 Å². The average Bonchev–Trinajstić information content (AvgIpc) is 3.07. The van der Waals surface area contributed by atoms with Gasteiger partial charge >= 0.3 is 0 Å². The van der Waals surface area contributed by atoms with Crippen LogP contribution < -0.4 is 5.32 Å². The highest BCUT2D eigenvalue weighted by molar-refractivity contribution is 5.88. The summed E-state index contributed by atoms with van der Waals surface area (Å²) in [6.45, 7) is 10.7. The Kier molecular flexibility index (Phi) is 7.32. The van der Waals surface area contributed by atoms with E-state index >= 15 is 0 Å². The Labute approximate surface area is 154 Å². The maximum absolute atomic E-state index is 12.8. The second-order valence-corrected chi connectivity index (χ2v) is 6.65. The Morgan fingerprint density at radius 1 is 1.42 bits per heavy atom. The van der Waals surface area contributed by atoms with Crippen molar-refractivity contribution in [2.45, 2.75) is 53.1 Å². The van der Waals surface area contributed by atoms with Gasteiger partial charge in [-0.3, -0.25) is 14.5 Å². The number of aromatic nitrogens is 2. The quantitative estimate of drug-likeness (QED) is 0.697. The zero-order valence-corrected chi connectivity index (χ0v) is 16.1. The van der Waals surface area contributed by atoms with E-state index in [0.717, 1.165) is 6.54 Å². The lowest BCUT2D eigenvalue weighted by Crippen LogP contribution is -2.56. The molecule has 0 spiro atoms. The molecule has 0 bridgehead atoms. The van der Waals surface area contributed by atoms with E-state index in [0.29, 0.717) is 37.8 Å². The van der Waals surface area contributed by atoms with Gasteiger partial charge < -0.3 is 14.7 Å². The number of amides is 2. The molecule has 1 aliphatic heterocycles. The van der Waals surface area contributed by atoms with E-state index in [1.807, 2.05) is 27.7 Å². The number of nitrogens with one attached hydrogen (secondary N) is 1. The molecule has 1 fully saturated rings. The Morgan fingerprint density at radius 2 is 2.19 bits per heavy atom. The normalized spacial score (nSPS) is 17.7. The minimum Gasteiger partial charge on any atom is -0.353 e. The monoisotopic (exact) mass is 363 g/mol. The lowest BCUT2D eigenvalue weighted by molar-refractivity contribution is -0.139. The molecule has 1 N–H and O–H groups in total. The Hall–Kier alpha value is -2.22. The molecule has 1 aromatic rings. The van der Waals surface area contributed by atoms with Crippen molar-refractivity contribution in [2.75, 3.05) is 26.2 Å². The van der Waals surface area contributed by atoms with Gasteiger partial charge in [-0.05, 0) is 20.8 Å². The van der Waals surface area contributed by atoms with Crippen molar-refractivity contribution in [3.05, 3.63) is 23.4 Å². The maximum atomic E-state index is 12.8. The molecular weight excluding hydrogens is 334 g/mol. The second kappa shape index (κ2) is 9.47. The SMILES string of the molecule is CCc1noc(CN(CC)C(=O)CC2C(=O)NCCN2CC=C(C)C)n1. The molecule has 2 rings (SSSR count). The lowest BCUT2D eigenvalue weighted by Gasteiger charge is -2.35. The number of carbonyl (C=O) groups excluding carboxylic acids is 2. The number of hydrogen-bond donors (Lipinski definition) is 1. The van der Waals surface area contributed by atoms with Crippen LogP contribution in [0, 0.1) is 0 Å². The third kappa shape index (κ3) is 5.39. The number of hydrogen-bond acceptors (Lipinski definition) is 6. The van der Waals surface area contributed by atoms with Crippen LogP contribution in [0.3, 0.4) is 0 Å². The predicted octanol–water partition coefficient (Wildman–Crippen LogP) is 1.14. The smallest absolute Gasteiger partial charge is 0.246 e. The third-order valence-corrected chi connectivity index (χ3v) is 4.43. The topological polar surface area (TPSA) is 91.6 Å². The van der Waals surface area contributed by atoms with Gasteiger partial charge in [0.05, 0.1) is 19.0 Å². The molecule has 0 aromatic carbocycles. The lowest BCUT2D eigenvalue weighted by atomic mass is 10.1. The molecule has 0 aliphatic carbocycles. The van der Waals surface area contributed by atoms with Crippen LogP contribution in [0.5, 0.6) is 0 Å². The fourth-order valence-electron chi connectivity index (χ4n) is 2.83. The minimum absolute atomic E-state index is 0.0890. The molecule has 1 saturated heterocycles. The molecule has 2 heterocycles. The average molecular weight is 363 g/mol. The molecule has 1 aromatic heterocycles. The van der Waals surface area contributed by atoms with Crippen molar-refractivity contribution in [1.29, 1.82) is 0 Å². The summed E-state index contributed by atoms with van der Waals surface area (Å²) < 4.78 is 5.18. The summed E-state index contributed by atoms with van der Waals surface area (Å²) in [7, 11) is 0. The van der Waals surface area contributed by atoms with Gasteiger partial charge in [0.1, 0.15) is 0 Å². The predicted molar refractivity (Wildman–Crippen MR) is 97.2 cm³/mol. The summed E-state index contributed by atoms with van der Waals surface area (Å²) in [6.07, 6.45) is 2.91. The first-order chi connectivity index (χ1) is 12.4.